The molecule has 0 radical (unpaired) electrons. The van der Waals surface area contributed by atoms with Crippen LogP contribution in [0.15, 0.2) is 42.5 Å². The number of halogens is 2. The zero-order valence-corrected chi connectivity index (χ0v) is 19.7. The van der Waals surface area contributed by atoms with E-state index in [2.05, 4.69) is 15.2 Å². The number of carbonyl (C=O) groups is 1. The van der Waals surface area contributed by atoms with Crippen molar-refractivity contribution in [1.82, 2.24) is 15.1 Å². The summed E-state index contributed by atoms with van der Waals surface area (Å²) in [6, 6.07) is 10.8. The second-order valence-electron chi connectivity index (χ2n) is 9.28. The molecular formula is C23H25F2N3O5S. The van der Waals surface area contributed by atoms with Crippen molar-refractivity contribution >= 4 is 26.6 Å². The molecule has 11 heteroatoms. The number of nitrogens with zero attached hydrogens (tertiary/aromatic N) is 2. The molecule has 1 unspecified atom stereocenters. The number of hydrogen-bond acceptors (Lipinski definition) is 6. The molecule has 1 atom stereocenters. The first-order valence-corrected chi connectivity index (χ1v) is 12.4. The number of alkyl halides is 2. The van der Waals surface area contributed by atoms with Crippen molar-refractivity contribution < 1.29 is 31.8 Å². The van der Waals surface area contributed by atoms with Gasteiger partial charge >= 0.3 is 6.61 Å². The Morgan fingerprint density at radius 3 is 2.62 bits per heavy atom. The highest BCUT2D eigenvalue weighted by atomic mass is 32.2. The average molecular weight is 494 g/mol. The SMILES string of the molecule is CC1(NC(=O)c2ccc3c(c2)c(C(C)(C)O)nn3-c2cccc(OC(F)F)c2)CCS(=O)(=O)C1. The lowest BCUT2D eigenvalue weighted by atomic mass is 9.98. The molecule has 8 nitrogen and oxygen atoms in total. The highest BCUT2D eigenvalue weighted by Crippen LogP contribution is 2.32. The van der Waals surface area contributed by atoms with Gasteiger partial charge in [0.1, 0.15) is 17.0 Å². The van der Waals surface area contributed by atoms with Gasteiger partial charge in [0.2, 0.25) is 0 Å². The molecule has 1 saturated heterocycles. The number of aromatic nitrogens is 2. The van der Waals surface area contributed by atoms with Gasteiger partial charge < -0.3 is 15.2 Å². The van der Waals surface area contributed by atoms with Gasteiger partial charge in [0.25, 0.3) is 5.91 Å². The van der Waals surface area contributed by atoms with E-state index in [-0.39, 0.29) is 28.5 Å². The van der Waals surface area contributed by atoms with Crippen molar-refractivity contribution in [3.63, 3.8) is 0 Å². The molecule has 182 valence electrons. The first kappa shape index (κ1) is 24.1. The normalized spacial score (nSPS) is 20.1. The predicted molar refractivity (Wildman–Crippen MR) is 122 cm³/mol. The van der Waals surface area contributed by atoms with Crippen LogP contribution >= 0.6 is 0 Å². The maximum atomic E-state index is 13.0. The Balaban J connectivity index is 1.75. The molecule has 1 fully saturated rings. The molecule has 3 aromatic rings. The predicted octanol–water partition coefficient (Wildman–Crippen LogP) is 3.16. The third-order valence-corrected chi connectivity index (χ3v) is 7.63. The van der Waals surface area contributed by atoms with E-state index in [1.807, 2.05) is 0 Å². The van der Waals surface area contributed by atoms with Crippen LogP contribution < -0.4 is 10.1 Å². The summed E-state index contributed by atoms with van der Waals surface area (Å²) in [7, 11) is -3.20. The van der Waals surface area contributed by atoms with Crippen LogP contribution in [-0.2, 0) is 15.4 Å². The zero-order valence-electron chi connectivity index (χ0n) is 18.9. The number of rotatable bonds is 6. The van der Waals surface area contributed by atoms with E-state index in [4.69, 9.17) is 0 Å². The van der Waals surface area contributed by atoms with E-state index >= 15 is 0 Å². The van der Waals surface area contributed by atoms with E-state index in [0.717, 1.165) is 0 Å². The fourth-order valence-corrected chi connectivity index (χ4v) is 6.25. The van der Waals surface area contributed by atoms with Crippen molar-refractivity contribution in [3.05, 3.63) is 53.7 Å². The van der Waals surface area contributed by atoms with Crippen LogP contribution in [0.25, 0.3) is 16.6 Å². The molecular weight excluding hydrogens is 468 g/mol. The number of aliphatic hydroxyl groups is 1. The molecule has 1 amide bonds. The summed E-state index contributed by atoms with van der Waals surface area (Å²) < 4.78 is 55.0. The highest BCUT2D eigenvalue weighted by Gasteiger charge is 2.39. The quantitative estimate of drug-likeness (QED) is 0.546. The smallest absolute Gasteiger partial charge is 0.387 e. The van der Waals surface area contributed by atoms with Crippen LogP contribution in [0.2, 0.25) is 0 Å². The summed E-state index contributed by atoms with van der Waals surface area (Å²) >= 11 is 0. The molecule has 0 bridgehead atoms. The summed E-state index contributed by atoms with van der Waals surface area (Å²) in [4.78, 5) is 13.0. The van der Waals surface area contributed by atoms with Crippen LogP contribution in [0, 0.1) is 0 Å². The van der Waals surface area contributed by atoms with Crippen LogP contribution in [0.3, 0.4) is 0 Å². The second-order valence-corrected chi connectivity index (χ2v) is 11.5. The molecule has 0 aliphatic carbocycles. The third kappa shape index (κ3) is 4.90. The maximum absolute atomic E-state index is 13.0. The Morgan fingerprint density at radius 1 is 1.26 bits per heavy atom. The van der Waals surface area contributed by atoms with E-state index in [1.54, 1.807) is 51.1 Å². The Morgan fingerprint density at radius 2 is 2.00 bits per heavy atom. The standard InChI is InChI=1S/C23H25F2N3O5S/c1-22(2,30)19-17-11-14(20(29)26-23(3)9-10-34(31,32)13-23)7-8-18(17)28(27-19)15-5-4-6-16(12-15)33-21(24)25/h4-8,11-12,21,30H,9-10,13H2,1-3H3,(H,26,29). The molecule has 1 aliphatic heterocycles. The lowest BCUT2D eigenvalue weighted by molar-refractivity contribution is -0.0498. The van der Waals surface area contributed by atoms with Crippen molar-refractivity contribution in [2.24, 2.45) is 0 Å². The van der Waals surface area contributed by atoms with Gasteiger partial charge in [0.15, 0.2) is 9.84 Å². The van der Waals surface area contributed by atoms with Gasteiger partial charge in [0.05, 0.1) is 28.2 Å². The lowest BCUT2D eigenvalue weighted by Gasteiger charge is -2.24. The second kappa shape index (κ2) is 8.31. The van der Waals surface area contributed by atoms with Gasteiger partial charge in [-0.15, -0.1) is 0 Å². The number of ether oxygens (including phenoxy) is 1. The third-order valence-electron chi connectivity index (χ3n) is 5.73. The number of fused-ring (bicyclic) bond motifs is 1. The fraction of sp³-hybridized carbons (Fsp3) is 0.391. The van der Waals surface area contributed by atoms with E-state index < -0.39 is 33.5 Å². The minimum absolute atomic E-state index is 0.0206. The Bertz CT molecular complexity index is 1360. The minimum atomic E-state index is -3.20. The van der Waals surface area contributed by atoms with Gasteiger partial charge in [-0.05, 0) is 57.5 Å². The van der Waals surface area contributed by atoms with Gasteiger partial charge in [-0.1, -0.05) is 6.07 Å². The summed E-state index contributed by atoms with van der Waals surface area (Å²) in [5.41, 5.74) is -0.706. The summed E-state index contributed by atoms with van der Waals surface area (Å²) in [5.74, 6) is -0.593. The number of hydrogen-bond donors (Lipinski definition) is 2. The molecule has 0 spiro atoms. The highest BCUT2D eigenvalue weighted by molar-refractivity contribution is 7.91. The molecule has 4 rings (SSSR count). The summed E-state index contributed by atoms with van der Waals surface area (Å²) in [5, 5.41) is 18.5. The largest absolute Gasteiger partial charge is 0.435 e. The van der Waals surface area contributed by atoms with Crippen molar-refractivity contribution in [3.8, 4) is 11.4 Å². The monoisotopic (exact) mass is 493 g/mol. The molecule has 2 aromatic carbocycles. The van der Waals surface area contributed by atoms with Crippen LogP contribution in [-0.4, -0.2) is 52.9 Å². The van der Waals surface area contributed by atoms with Crippen LogP contribution in [0.5, 0.6) is 5.75 Å². The molecule has 1 aromatic heterocycles. The van der Waals surface area contributed by atoms with Crippen molar-refractivity contribution in [2.45, 2.75) is 44.9 Å². The minimum Gasteiger partial charge on any atom is -0.435 e. The van der Waals surface area contributed by atoms with Crippen molar-refractivity contribution in [1.29, 1.82) is 0 Å². The van der Waals surface area contributed by atoms with Crippen LogP contribution in [0.1, 0.15) is 43.2 Å². The first-order chi connectivity index (χ1) is 15.8. The van der Waals surface area contributed by atoms with Crippen LogP contribution in [0.4, 0.5) is 8.78 Å². The zero-order chi connectivity index (χ0) is 24.9. The number of benzene rings is 2. The molecule has 2 N–H and O–H groups in total. The average Bonchev–Trinajstić information content (AvgIpc) is 3.23. The molecule has 0 saturated carbocycles. The topological polar surface area (TPSA) is 111 Å². The van der Waals surface area contributed by atoms with E-state index in [9.17, 15) is 27.1 Å². The number of sulfone groups is 1. The Kier molecular flexibility index (Phi) is 5.89. The van der Waals surface area contributed by atoms with Gasteiger partial charge in [-0.25, -0.2) is 13.1 Å². The Hall–Kier alpha value is -3.05. The maximum Gasteiger partial charge on any atom is 0.387 e. The van der Waals surface area contributed by atoms with Crippen molar-refractivity contribution in [2.75, 3.05) is 11.5 Å². The van der Waals surface area contributed by atoms with Gasteiger partial charge in [0, 0.05) is 17.0 Å². The van der Waals surface area contributed by atoms with Gasteiger partial charge in [-0.3, -0.25) is 4.79 Å². The molecule has 34 heavy (non-hydrogen) atoms. The lowest BCUT2D eigenvalue weighted by Crippen LogP contribution is -2.46. The Labute approximate surface area is 195 Å². The van der Waals surface area contributed by atoms with E-state index in [1.165, 1.54) is 16.8 Å². The molecule has 2 heterocycles. The number of carbonyl (C=O) groups excluding carboxylic acids is 1. The summed E-state index contributed by atoms with van der Waals surface area (Å²) in [6.45, 7) is 1.82. The fourth-order valence-electron chi connectivity index (χ4n) is 4.15. The number of nitrogens with one attached hydrogen (secondary N) is 1. The summed E-state index contributed by atoms with van der Waals surface area (Å²) in [6.07, 6.45) is 0.327. The number of amides is 1. The first-order valence-electron chi connectivity index (χ1n) is 10.6. The van der Waals surface area contributed by atoms with E-state index in [0.29, 0.717) is 23.0 Å². The van der Waals surface area contributed by atoms with Gasteiger partial charge in [-0.2, -0.15) is 13.9 Å². The molecule has 1 aliphatic rings.